The van der Waals surface area contributed by atoms with Crippen LogP contribution in [0.3, 0.4) is 0 Å². The molecule has 7 nitrogen and oxygen atoms in total. The standard InChI is InChI=1S/C12H19N3O4S2/c16-20(17,10-4-2-1-3-5-10)11-7-15(8-11)21(18,19)12-6-13-9-14-12/h6,9-11H,1-5,7-8H2,(H,13,14). The highest BCUT2D eigenvalue weighted by molar-refractivity contribution is 7.93. The second kappa shape index (κ2) is 5.36. The molecule has 0 aromatic carbocycles. The number of rotatable bonds is 4. The molecule has 2 fully saturated rings. The minimum absolute atomic E-state index is 0.0102. The quantitative estimate of drug-likeness (QED) is 0.866. The van der Waals surface area contributed by atoms with Crippen molar-refractivity contribution in [2.24, 2.45) is 0 Å². The maximum Gasteiger partial charge on any atom is 0.260 e. The highest BCUT2D eigenvalue weighted by atomic mass is 32.2. The van der Waals surface area contributed by atoms with Gasteiger partial charge in [-0.2, -0.15) is 4.31 Å². The molecule has 2 aliphatic rings. The zero-order chi connectivity index (χ0) is 15.1. The summed E-state index contributed by atoms with van der Waals surface area (Å²) in [6.07, 6.45) is 6.95. The highest BCUT2D eigenvalue weighted by Crippen LogP contribution is 2.31. The molecule has 0 bridgehead atoms. The fourth-order valence-corrected chi connectivity index (χ4v) is 6.92. The van der Waals surface area contributed by atoms with Gasteiger partial charge in [0.2, 0.25) is 0 Å². The number of aromatic nitrogens is 2. The first-order valence-corrected chi connectivity index (χ1v) is 10.2. The van der Waals surface area contributed by atoms with E-state index >= 15 is 0 Å². The Labute approximate surface area is 124 Å². The number of hydrogen-bond acceptors (Lipinski definition) is 5. The van der Waals surface area contributed by atoms with Crippen LogP contribution in [0.5, 0.6) is 0 Å². The molecule has 0 amide bonds. The largest absolute Gasteiger partial charge is 0.335 e. The van der Waals surface area contributed by atoms with Crippen LogP contribution >= 0.6 is 0 Å². The number of nitrogens with zero attached hydrogens (tertiary/aromatic N) is 2. The van der Waals surface area contributed by atoms with Crippen molar-refractivity contribution in [3.8, 4) is 0 Å². The summed E-state index contributed by atoms with van der Waals surface area (Å²) in [6, 6.07) is 0. The van der Waals surface area contributed by atoms with E-state index in [4.69, 9.17) is 0 Å². The first-order chi connectivity index (χ1) is 9.92. The third kappa shape index (κ3) is 2.62. The van der Waals surface area contributed by atoms with Crippen LogP contribution in [-0.4, -0.2) is 54.7 Å². The van der Waals surface area contributed by atoms with Crippen molar-refractivity contribution in [2.45, 2.75) is 47.6 Å². The van der Waals surface area contributed by atoms with Gasteiger partial charge in [-0.3, -0.25) is 0 Å². The summed E-state index contributed by atoms with van der Waals surface area (Å²) in [6.45, 7) is 0.111. The van der Waals surface area contributed by atoms with E-state index in [1.165, 1.54) is 16.8 Å². The van der Waals surface area contributed by atoms with Crippen LogP contribution in [0.4, 0.5) is 0 Å². The van der Waals surface area contributed by atoms with Crippen molar-refractivity contribution in [1.29, 1.82) is 0 Å². The lowest BCUT2D eigenvalue weighted by atomic mass is 10.0. The Bertz CT molecular complexity index is 685. The SMILES string of the molecule is O=S(=O)(C1CCCCC1)C1CN(S(=O)(=O)c2cnc[nH]2)C1. The van der Waals surface area contributed by atoms with Gasteiger partial charge in [0, 0.05) is 13.1 Å². The van der Waals surface area contributed by atoms with Crippen molar-refractivity contribution in [3.63, 3.8) is 0 Å². The molecule has 9 heteroatoms. The first kappa shape index (κ1) is 15.0. The molecule has 0 spiro atoms. The smallest absolute Gasteiger partial charge is 0.260 e. The molecule has 1 aliphatic heterocycles. The zero-order valence-electron chi connectivity index (χ0n) is 11.6. The minimum Gasteiger partial charge on any atom is -0.335 e. The molecule has 1 aliphatic carbocycles. The second-order valence-corrected chi connectivity index (χ2v) is 10.1. The fourth-order valence-electron chi connectivity index (χ4n) is 2.99. The van der Waals surface area contributed by atoms with Crippen molar-refractivity contribution in [1.82, 2.24) is 14.3 Å². The Balaban J connectivity index is 1.68. The summed E-state index contributed by atoms with van der Waals surface area (Å²) in [4.78, 5) is 6.24. The summed E-state index contributed by atoms with van der Waals surface area (Å²) in [5.41, 5.74) is 0. The number of H-pyrrole nitrogens is 1. The maximum absolute atomic E-state index is 12.5. The maximum atomic E-state index is 12.5. The average molecular weight is 333 g/mol. The van der Waals surface area contributed by atoms with Gasteiger partial charge >= 0.3 is 0 Å². The van der Waals surface area contributed by atoms with Gasteiger partial charge in [0.25, 0.3) is 10.0 Å². The van der Waals surface area contributed by atoms with Crippen LogP contribution in [0, 0.1) is 0 Å². The van der Waals surface area contributed by atoms with Gasteiger partial charge in [-0.1, -0.05) is 19.3 Å². The van der Waals surface area contributed by atoms with E-state index in [9.17, 15) is 16.8 Å². The molecule has 0 atom stereocenters. The van der Waals surface area contributed by atoms with Gasteiger partial charge in [-0.25, -0.2) is 21.8 Å². The zero-order valence-corrected chi connectivity index (χ0v) is 13.2. The van der Waals surface area contributed by atoms with Crippen LogP contribution in [0.25, 0.3) is 0 Å². The van der Waals surface area contributed by atoms with Crippen molar-refractivity contribution in [3.05, 3.63) is 12.5 Å². The fraction of sp³-hybridized carbons (Fsp3) is 0.750. The van der Waals surface area contributed by atoms with Gasteiger partial charge in [0.05, 0.1) is 23.0 Å². The topological polar surface area (TPSA) is 100 Å². The third-order valence-electron chi connectivity index (χ3n) is 4.39. The van der Waals surface area contributed by atoms with E-state index in [1.807, 2.05) is 0 Å². The van der Waals surface area contributed by atoms with E-state index in [2.05, 4.69) is 9.97 Å². The predicted molar refractivity (Wildman–Crippen MR) is 76.9 cm³/mol. The van der Waals surface area contributed by atoms with Gasteiger partial charge < -0.3 is 4.98 Å². The molecule has 118 valence electrons. The highest BCUT2D eigenvalue weighted by Gasteiger charge is 2.46. The van der Waals surface area contributed by atoms with Gasteiger partial charge in [-0.15, -0.1) is 0 Å². The molecule has 21 heavy (non-hydrogen) atoms. The first-order valence-electron chi connectivity index (χ1n) is 7.13. The number of imidazole rings is 1. The third-order valence-corrected chi connectivity index (χ3v) is 8.77. The molecule has 2 heterocycles. The summed E-state index contributed by atoms with van der Waals surface area (Å²) in [5.74, 6) is 0. The van der Waals surface area contributed by atoms with Gasteiger partial charge in [-0.05, 0) is 12.8 Å². The minimum atomic E-state index is -3.63. The Kier molecular flexibility index (Phi) is 3.83. The number of sulfone groups is 1. The summed E-state index contributed by atoms with van der Waals surface area (Å²) < 4.78 is 50.5. The number of nitrogens with one attached hydrogen (secondary N) is 1. The van der Waals surface area contributed by atoms with Crippen LogP contribution in [-0.2, 0) is 19.9 Å². The summed E-state index contributed by atoms with van der Waals surface area (Å²) in [5, 5.41) is -0.831. The van der Waals surface area contributed by atoms with Crippen molar-refractivity contribution >= 4 is 19.9 Å². The monoisotopic (exact) mass is 333 g/mol. The lowest BCUT2D eigenvalue weighted by Crippen LogP contribution is -2.58. The predicted octanol–water partition coefficient (Wildman–Crippen LogP) is 0.530. The molecular formula is C12H19N3O4S2. The molecule has 1 N–H and O–H groups in total. The van der Waals surface area contributed by atoms with E-state index < -0.39 is 25.1 Å². The molecule has 1 saturated heterocycles. The molecule has 1 aromatic rings. The molecule has 0 radical (unpaired) electrons. The Hall–Kier alpha value is -0.930. The van der Waals surface area contributed by atoms with E-state index in [-0.39, 0.29) is 23.4 Å². The van der Waals surface area contributed by atoms with Crippen LogP contribution < -0.4 is 0 Å². The molecular weight excluding hydrogens is 314 g/mol. The number of aromatic amines is 1. The lowest BCUT2D eigenvalue weighted by molar-refractivity contribution is 0.305. The molecule has 1 saturated carbocycles. The van der Waals surface area contributed by atoms with E-state index in [1.54, 1.807) is 0 Å². The summed E-state index contributed by atoms with van der Waals surface area (Å²) >= 11 is 0. The van der Waals surface area contributed by atoms with Gasteiger partial charge in [0.1, 0.15) is 0 Å². The van der Waals surface area contributed by atoms with E-state index in [0.717, 1.165) is 19.3 Å². The van der Waals surface area contributed by atoms with E-state index in [0.29, 0.717) is 12.8 Å². The van der Waals surface area contributed by atoms with Crippen molar-refractivity contribution < 1.29 is 16.8 Å². The Morgan fingerprint density at radius 2 is 1.71 bits per heavy atom. The van der Waals surface area contributed by atoms with Gasteiger partial charge in [0.15, 0.2) is 14.9 Å². The van der Waals surface area contributed by atoms with Crippen molar-refractivity contribution in [2.75, 3.05) is 13.1 Å². The summed E-state index contributed by atoms with van der Waals surface area (Å²) in [7, 11) is -6.85. The molecule has 1 aromatic heterocycles. The Morgan fingerprint density at radius 1 is 1.05 bits per heavy atom. The number of hydrogen-bond donors (Lipinski definition) is 1. The number of sulfonamides is 1. The average Bonchev–Trinajstić information content (AvgIpc) is 2.92. The normalized spacial score (nSPS) is 23.0. The molecule has 0 unspecified atom stereocenters. The van der Waals surface area contributed by atoms with Crippen LogP contribution in [0.15, 0.2) is 17.6 Å². The Morgan fingerprint density at radius 3 is 2.29 bits per heavy atom. The second-order valence-electron chi connectivity index (χ2n) is 5.71. The van der Waals surface area contributed by atoms with Crippen LogP contribution in [0.2, 0.25) is 0 Å². The molecule has 3 rings (SSSR count). The lowest BCUT2D eigenvalue weighted by Gasteiger charge is -2.39. The van der Waals surface area contributed by atoms with Crippen LogP contribution in [0.1, 0.15) is 32.1 Å².